The van der Waals surface area contributed by atoms with Gasteiger partial charge in [0, 0.05) is 7.05 Å². The van der Waals surface area contributed by atoms with Crippen LogP contribution in [0.15, 0.2) is 58.5 Å². The molecular weight excluding hydrogens is 400 g/mol. The van der Waals surface area contributed by atoms with Gasteiger partial charge in [-0.05, 0) is 30.7 Å². The Bertz CT molecular complexity index is 1280. The van der Waals surface area contributed by atoms with Gasteiger partial charge in [-0.1, -0.05) is 43.0 Å². The van der Waals surface area contributed by atoms with E-state index in [1.165, 1.54) is 16.3 Å². The van der Waals surface area contributed by atoms with Crippen LogP contribution in [0, 0.1) is 0 Å². The Morgan fingerprint density at radius 3 is 2.57 bits per heavy atom. The highest BCUT2D eigenvalue weighted by molar-refractivity contribution is 7.98. The maximum absolute atomic E-state index is 13.2. The van der Waals surface area contributed by atoms with Crippen LogP contribution < -0.4 is 10.3 Å². The van der Waals surface area contributed by atoms with Gasteiger partial charge in [-0.3, -0.25) is 9.36 Å². The molecule has 2 heterocycles. The second-order valence-corrected chi connectivity index (χ2v) is 7.67. The average molecular weight is 423 g/mol. The zero-order chi connectivity index (χ0) is 21.3. The second-order valence-electron chi connectivity index (χ2n) is 6.73. The van der Waals surface area contributed by atoms with Crippen molar-refractivity contribution < 1.29 is 9.84 Å². The number of methoxy groups -OCH3 is 1. The first kappa shape index (κ1) is 20.0. The van der Waals surface area contributed by atoms with E-state index >= 15 is 0 Å². The van der Waals surface area contributed by atoms with Crippen molar-refractivity contribution in [2.24, 2.45) is 7.05 Å². The Balaban J connectivity index is 1.81. The second kappa shape index (κ2) is 8.23. The van der Waals surface area contributed by atoms with E-state index in [-0.39, 0.29) is 17.0 Å². The molecule has 7 nitrogen and oxygen atoms in total. The van der Waals surface area contributed by atoms with Crippen LogP contribution in [0.25, 0.3) is 16.7 Å². The van der Waals surface area contributed by atoms with Gasteiger partial charge in [0.25, 0.3) is 5.56 Å². The van der Waals surface area contributed by atoms with Gasteiger partial charge in [0.05, 0.1) is 35.1 Å². The highest BCUT2D eigenvalue weighted by Gasteiger charge is 2.20. The standard InChI is InChI=1S/C22H22N4O3S/c1-4-14-20(27)24-22(26(21(14)28)17-11-7-8-12-18(17)29-3)30-13-19-23-15-9-5-6-10-16(15)25(19)2/h5-12,27H,4,13H2,1-3H3. The first-order valence-electron chi connectivity index (χ1n) is 9.56. The number of thioether (sulfide) groups is 1. The molecule has 0 aliphatic carbocycles. The summed E-state index contributed by atoms with van der Waals surface area (Å²) >= 11 is 1.34. The molecule has 0 atom stereocenters. The van der Waals surface area contributed by atoms with Crippen molar-refractivity contribution in [3.63, 3.8) is 0 Å². The van der Waals surface area contributed by atoms with Crippen LogP contribution in [-0.2, 0) is 19.2 Å². The molecule has 4 aromatic rings. The number of nitrogens with zero attached hydrogens (tertiary/aromatic N) is 4. The van der Waals surface area contributed by atoms with Crippen LogP contribution in [0.2, 0.25) is 0 Å². The number of para-hydroxylation sites is 4. The van der Waals surface area contributed by atoms with E-state index in [4.69, 9.17) is 4.74 Å². The number of hydrogen-bond donors (Lipinski definition) is 1. The summed E-state index contributed by atoms with van der Waals surface area (Å²) in [6, 6.07) is 15.2. The first-order chi connectivity index (χ1) is 14.5. The van der Waals surface area contributed by atoms with Crippen molar-refractivity contribution in [2.75, 3.05) is 7.11 Å². The van der Waals surface area contributed by atoms with Gasteiger partial charge < -0.3 is 14.4 Å². The van der Waals surface area contributed by atoms with Crippen molar-refractivity contribution in [2.45, 2.75) is 24.3 Å². The predicted molar refractivity (Wildman–Crippen MR) is 118 cm³/mol. The molecule has 4 rings (SSSR count). The summed E-state index contributed by atoms with van der Waals surface area (Å²) in [5.41, 5.74) is 2.50. The number of ether oxygens (including phenoxy) is 1. The Labute approximate surface area is 178 Å². The van der Waals surface area contributed by atoms with Crippen LogP contribution in [0.3, 0.4) is 0 Å². The highest BCUT2D eigenvalue weighted by Crippen LogP contribution is 2.30. The molecule has 0 bridgehead atoms. The predicted octanol–water partition coefficient (Wildman–Crippen LogP) is 3.69. The van der Waals surface area contributed by atoms with Crippen molar-refractivity contribution in [3.8, 4) is 17.3 Å². The summed E-state index contributed by atoms with van der Waals surface area (Å²) in [5.74, 6) is 1.65. The molecule has 30 heavy (non-hydrogen) atoms. The van der Waals surface area contributed by atoms with Crippen molar-refractivity contribution in [1.82, 2.24) is 19.1 Å². The third-order valence-corrected chi connectivity index (χ3v) is 5.95. The summed E-state index contributed by atoms with van der Waals surface area (Å²) in [6.07, 6.45) is 0.377. The minimum absolute atomic E-state index is 0.235. The molecule has 0 spiro atoms. The molecule has 8 heteroatoms. The summed E-state index contributed by atoms with van der Waals surface area (Å²) < 4.78 is 8.99. The first-order valence-corrected chi connectivity index (χ1v) is 10.5. The zero-order valence-corrected chi connectivity index (χ0v) is 17.8. The highest BCUT2D eigenvalue weighted by atomic mass is 32.2. The van der Waals surface area contributed by atoms with Gasteiger partial charge in [0.15, 0.2) is 5.16 Å². The molecule has 0 unspecified atom stereocenters. The number of benzene rings is 2. The lowest BCUT2D eigenvalue weighted by molar-refractivity contribution is 0.408. The van der Waals surface area contributed by atoms with E-state index < -0.39 is 0 Å². The summed E-state index contributed by atoms with van der Waals surface area (Å²) in [4.78, 5) is 22.2. The molecule has 0 aliphatic rings. The van der Waals surface area contributed by atoms with Crippen molar-refractivity contribution in [3.05, 3.63) is 70.3 Å². The molecule has 0 fully saturated rings. The molecular formula is C22H22N4O3S. The summed E-state index contributed by atoms with van der Waals surface area (Å²) in [5, 5.41) is 10.7. The number of hydrogen-bond acceptors (Lipinski definition) is 6. The minimum atomic E-state index is -0.304. The molecule has 2 aromatic heterocycles. The van der Waals surface area contributed by atoms with Gasteiger partial charge in [0.1, 0.15) is 11.6 Å². The molecule has 0 radical (unpaired) electrons. The number of imidazole rings is 1. The third-order valence-electron chi connectivity index (χ3n) is 5.01. The molecule has 0 saturated carbocycles. The van der Waals surface area contributed by atoms with Crippen LogP contribution in [0.5, 0.6) is 11.6 Å². The quantitative estimate of drug-likeness (QED) is 0.377. The lowest BCUT2D eigenvalue weighted by atomic mass is 10.2. The number of aromatic hydroxyl groups is 1. The monoisotopic (exact) mass is 422 g/mol. The van der Waals surface area contributed by atoms with E-state index in [0.29, 0.717) is 28.8 Å². The summed E-state index contributed by atoms with van der Waals surface area (Å²) in [6.45, 7) is 1.82. The molecule has 1 N–H and O–H groups in total. The Hall–Kier alpha value is -3.26. The van der Waals surface area contributed by atoms with E-state index in [0.717, 1.165) is 16.9 Å². The smallest absolute Gasteiger partial charge is 0.265 e. The largest absolute Gasteiger partial charge is 0.495 e. The fraction of sp³-hybridized carbons (Fsp3) is 0.227. The molecule has 0 amide bonds. The SMILES string of the molecule is CCc1c(O)nc(SCc2nc3ccccc3n2C)n(-c2ccccc2OC)c1=O. The summed E-state index contributed by atoms with van der Waals surface area (Å²) in [7, 11) is 3.52. The zero-order valence-electron chi connectivity index (χ0n) is 17.0. The lowest BCUT2D eigenvalue weighted by Gasteiger charge is -2.16. The topological polar surface area (TPSA) is 82.2 Å². The van der Waals surface area contributed by atoms with Gasteiger partial charge in [0.2, 0.25) is 5.88 Å². The molecule has 0 aliphatic heterocycles. The third kappa shape index (κ3) is 3.43. The number of rotatable bonds is 6. The van der Waals surface area contributed by atoms with Crippen LogP contribution >= 0.6 is 11.8 Å². The number of aromatic nitrogens is 4. The van der Waals surface area contributed by atoms with Gasteiger partial charge >= 0.3 is 0 Å². The van der Waals surface area contributed by atoms with E-state index in [1.54, 1.807) is 19.2 Å². The van der Waals surface area contributed by atoms with E-state index in [9.17, 15) is 9.90 Å². The van der Waals surface area contributed by atoms with Gasteiger partial charge in [-0.15, -0.1) is 0 Å². The van der Waals surface area contributed by atoms with Gasteiger partial charge in [-0.2, -0.15) is 4.98 Å². The van der Waals surface area contributed by atoms with Crippen LogP contribution in [0.4, 0.5) is 0 Å². The molecule has 154 valence electrons. The van der Waals surface area contributed by atoms with E-state index in [1.807, 2.05) is 54.9 Å². The Kier molecular flexibility index (Phi) is 5.50. The van der Waals surface area contributed by atoms with E-state index in [2.05, 4.69) is 9.97 Å². The lowest BCUT2D eigenvalue weighted by Crippen LogP contribution is -2.25. The number of aryl methyl sites for hydroxylation is 1. The van der Waals surface area contributed by atoms with Gasteiger partial charge in [-0.25, -0.2) is 4.98 Å². The van der Waals surface area contributed by atoms with Crippen LogP contribution in [0.1, 0.15) is 18.3 Å². The van der Waals surface area contributed by atoms with Crippen molar-refractivity contribution in [1.29, 1.82) is 0 Å². The average Bonchev–Trinajstić information content (AvgIpc) is 3.08. The maximum Gasteiger partial charge on any atom is 0.265 e. The maximum atomic E-state index is 13.2. The van der Waals surface area contributed by atoms with Crippen molar-refractivity contribution >= 4 is 22.8 Å². The molecule has 0 saturated heterocycles. The van der Waals surface area contributed by atoms with Crippen LogP contribution in [-0.4, -0.2) is 31.3 Å². The minimum Gasteiger partial charge on any atom is -0.495 e. The fourth-order valence-electron chi connectivity index (χ4n) is 3.41. The normalized spacial score (nSPS) is 11.2. The Morgan fingerprint density at radius 2 is 1.83 bits per heavy atom. The Morgan fingerprint density at radius 1 is 1.10 bits per heavy atom. The molecule has 2 aromatic carbocycles. The number of fused-ring (bicyclic) bond motifs is 1. The fourth-order valence-corrected chi connectivity index (χ4v) is 4.39.